The van der Waals surface area contributed by atoms with Gasteiger partial charge in [0.15, 0.2) is 5.78 Å². The fourth-order valence-corrected chi connectivity index (χ4v) is 3.28. The van der Waals surface area contributed by atoms with Gasteiger partial charge >= 0.3 is 0 Å². The largest absolute Gasteiger partial charge is 0.487 e. The molecule has 0 radical (unpaired) electrons. The number of ether oxygens (including phenoxy) is 1. The second kappa shape index (κ2) is 7.51. The highest BCUT2D eigenvalue weighted by Crippen LogP contribution is 2.41. The molecule has 2 aromatic rings. The Morgan fingerprint density at radius 2 is 1.96 bits per heavy atom. The second-order valence-electron chi connectivity index (χ2n) is 7.40. The van der Waals surface area contributed by atoms with E-state index in [2.05, 4.69) is 5.32 Å². The van der Waals surface area contributed by atoms with E-state index in [1.165, 1.54) is 19.1 Å². The molecule has 1 amide bonds. The zero-order valence-electron chi connectivity index (χ0n) is 16.1. The Morgan fingerprint density at radius 1 is 1.22 bits per heavy atom. The molecule has 142 valence electrons. The lowest BCUT2D eigenvalue weighted by Crippen LogP contribution is -2.36. The van der Waals surface area contributed by atoms with Crippen molar-refractivity contribution in [3.63, 3.8) is 0 Å². The van der Waals surface area contributed by atoms with E-state index >= 15 is 0 Å². The maximum atomic E-state index is 14.5. The first kappa shape index (κ1) is 19.1. The van der Waals surface area contributed by atoms with Gasteiger partial charge in [-0.15, -0.1) is 0 Å². The molecule has 4 nitrogen and oxygen atoms in total. The zero-order valence-corrected chi connectivity index (χ0v) is 16.1. The number of Topliss-reactive ketones (excluding diaryl/α,β-unsaturated/α-hetero) is 1. The number of carbonyl (C=O) groups excluding carboxylic acids is 2. The number of halogens is 1. The summed E-state index contributed by atoms with van der Waals surface area (Å²) in [5.41, 5.74) is 3.44. The van der Waals surface area contributed by atoms with E-state index in [0.29, 0.717) is 35.4 Å². The van der Waals surface area contributed by atoms with Gasteiger partial charge < -0.3 is 10.1 Å². The fraction of sp³-hybridized carbons (Fsp3) is 0.364. The SMILES string of the molecule is CC(=O)c1ccc(F)c(-c2cc(C)cc3c2O[C@H](CNC(=O)C(C)C)C3)c1. The van der Waals surface area contributed by atoms with Crippen molar-refractivity contribution in [3.05, 3.63) is 52.8 Å². The topological polar surface area (TPSA) is 55.4 Å². The monoisotopic (exact) mass is 369 g/mol. The molecule has 0 saturated heterocycles. The Balaban J connectivity index is 1.93. The van der Waals surface area contributed by atoms with Gasteiger partial charge in [0.1, 0.15) is 17.7 Å². The van der Waals surface area contributed by atoms with Crippen LogP contribution in [0.2, 0.25) is 0 Å². The molecule has 2 aromatic carbocycles. The van der Waals surface area contributed by atoms with Crippen molar-refractivity contribution in [1.29, 1.82) is 0 Å². The summed E-state index contributed by atoms with van der Waals surface area (Å²) in [6, 6.07) is 8.27. The predicted octanol–water partition coefficient (Wildman–Crippen LogP) is 4.08. The van der Waals surface area contributed by atoms with Gasteiger partial charge in [0.2, 0.25) is 5.91 Å². The summed E-state index contributed by atoms with van der Waals surface area (Å²) in [5, 5.41) is 2.89. The van der Waals surface area contributed by atoms with Gasteiger partial charge in [-0.3, -0.25) is 9.59 Å². The molecule has 1 N–H and O–H groups in total. The highest BCUT2D eigenvalue weighted by atomic mass is 19.1. The van der Waals surface area contributed by atoms with Gasteiger partial charge in [-0.05, 0) is 49.2 Å². The molecule has 0 bridgehead atoms. The number of aryl methyl sites for hydroxylation is 1. The number of ketones is 1. The van der Waals surface area contributed by atoms with E-state index in [9.17, 15) is 14.0 Å². The minimum Gasteiger partial charge on any atom is -0.487 e. The highest BCUT2D eigenvalue weighted by Gasteiger charge is 2.28. The Bertz CT molecular complexity index is 905. The summed E-state index contributed by atoms with van der Waals surface area (Å²) in [7, 11) is 0. The van der Waals surface area contributed by atoms with Gasteiger partial charge in [0.05, 0.1) is 6.54 Å². The van der Waals surface area contributed by atoms with Crippen molar-refractivity contribution >= 4 is 11.7 Å². The van der Waals surface area contributed by atoms with Crippen molar-refractivity contribution in [2.75, 3.05) is 6.54 Å². The van der Waals surface area contributed by atoms with E-state index in [1.807, 2.05) is 32.9 Å². The van der Waals surface area contributed by atoms with E-state index in [0.717, 1.165) is 11.1 Å². The van der Waals surface area contributed by atoms with Gasteiger partial charge in [-0.25, -0.2) is 4.39 Å². The molecule has 0 aliphatic carbocycles. The van der Waals surface area contributed by atoms with E-state index < -0.39 is 5.82 Å². The maximum absolute atomic E-state index is 14.5. The second-order valence-corrected chi connectivity index (χ2v) is 7.40. The van der Waals surface area contributed by atoms with Crippen LogP contribution in [0, 0.1) is 18.7 Å². The van der Waals surface area contributed by atoms with Crippen LogP contribution in [0.3, 0.4) is 0 Å². The van der Waals surface area contributed by atoms with Gasteiger partial charge in [-0.2, -0.15) is 0 Å². The average Bonchev–Trinajstić information content (AvgIpc) is 3.01. The average molecular weight is 369 g/mol. The highest BCUT2D eigenvalue weighted by molar-refractivity contribution is 5.95. The van der Waals surface area contributed by atoms with Crippen LogP contribution < -0.4 is 10.1 Å². The third-order valence-electron chi connectivity index (χ3n) is 4.73. The molecule has 27 heavy (non-hydrogen) atoms. The van der Waals surface area contributed by atoms with Crippen molar-refractivity contribution in [2.45, 2.75) is 40.2 Å². The number of hydrogen-bond acceptors (Lipinski definition) is 3. The van der Waals surface area contributed by atoms with Crippen molar-refractivity contribution in [3.8, 4) is 16.9 Å². The van der Waals surface area contributed by atoms with Gasteiger partial charge in [0, 0.05) is 29.0 Å². The third-order valence-corrected chi connectivity index (χ3v) is 4.73. The molecule has 3 rings (SSSR count). The summed E-state index contributed by atoms with van der Waals surface area (Å²) >= 11 is 0. The molecule has 1 heterocycles. The van der Waals surface area contributed by atoms with Crippen LogP contribution in [0.5, 0.6) is 5.75 Å². The molecule has 0 fully saturated rings. The number of fused-ring (bicyclic) bond motifs is 1. The molecule has 0 aromatic heterocycles. The molecule has 0 saturated carbocycles. The maximum Gasteiger partial charge on any atom is 0.222 e. The van der Waals surface area contributed by atoms with Crippen LogP contribution in [0.4, 0.5) is 4.39 Å². The lowest BCUT2D eigenvalue weighted by molar-refractivity contribution is -0.124. The van der Waals surface area contributed by atoms with Crippen molar-refractivity contribution < 1.29 is 18.7 Å². The lowest BCUT2D eigenvalue weighted by Gasteiger charge is -2.15. The molecule has 1 aliphatic rings. The summed E-state index contributed by atoms with van der Waals surface area (Å²) in [5.74, 6) is 0.00821. The molecule has 1 aliphatic heterocycles. The van der Waals surface area contributed by atoms with E-state index in [1.54, 1.807) is 6.07 Å². The minimum atomic E-state index is -0.395. The predicted molar refractivity (Wildman–Crippen MR) is 103 cm³/mol. The molecule has 0 unspecified atom stereocenters. The van der Waals surface area contributed by atoms with E-state index in [-0.39, 0.29) is 23.7 Å². The van der Waals surface area contributed by atoms with Crippen molar-refractivity contribution in [1.82, 2.24) is 5.32 Å². The Labute approximate surface area is 158 Å². The van der Waals surface area contributed by atoms with Crippen LogP contribution >= 0.6 is 0 Å². The van der Waals surface area contributed by atoms with Crippen LogP contribution in [-0.2, 0) is 11.2 Å². The lowest BCUT2D eigenvalue weighted by atomic mass is 9.95. The van der Waals surface area contributed by atoms with Crippen molar-refractivity contribution in [2.24, 2.45) is 5.92 Å². The normalized spacial score (nSPS) is 15.4. The van der Waals surface area contributed by atoms with Crippen LogP contribution in [0.25, 0.3) is 11.1 Å². The number of carbonyl (C=O) groups is 2. The number of rotatable bonds is 5. The number of nitrogens with one attached hydrogen (secondary N) is 1. The quantitative estimate of drug-likeness (QED) is 0.808. The standard InChI is InChI=1S/C22H24FNO3/c1-12(2)22(26)24-11-17-9-16-7-13(3)8-19(21(16)27-17)18-10-15(14(4)25)5-6-20(18)23/h5-8,10,12,17H,9,11H2,1-4H3,(H,24,26)/t17-/m0/s1. The fourth-order valence-electron chi connectivity index (χ4n) is 3.28. The van der Waals surface area contributed by atoms with Crippen LogP contribution in [0.15, 0.2) is 30.3 Å². The van der Waals surface area contributed by atoms with Gasteiger partial charge in [-0.1, -0.05) is 19.9 Å². The Kier molecular flexibility index (Phi) is 5.31. The summed E-state index contributed by atoms with van der Waals surface area (Å²) in [4.78, 5) is 23.5. The zero-order chi connectivity index (χ0) is 19.7. The smallest absolute Gasteiger partial charge is 0.222 e. The molecule has 0 spiro atoms. The summed E-state index contributed by atoms with van der Waals surface area (Å²) in [6.45, 7) is 7.49. The van der Waals surface area contributed by atoms with Gasteiger partial charge in [0.25, 0.3) is 0 Å². The number of hydrogen-bond donors (Lipinski definition) is 1. The first-order valence-corrected chi connectivity index (χ1v) is 9.15. The number of benzene rings is 2. The first-order chi connectivity index (χ1) is 12.8. The molecule has 5 heteroatoms. The van der Waals surface area contributed by atoms with E-state index in [4.69, 9.17) is 4.74 Å². The minimum absolute atomic E-state index is 0.0221. The molecule has 1 atom stereocenters. The first-order valence-electron chi connectivity index (χ1n) is 9.15. The molecular formula is C22H24FNO3. The summed E-state index contributed by atoms with van der Waals surface area (Å²) < 4.78 is 20.6. The Hall–Kier alpha value is -2.69. The van der Waals surface area contributed by atoms with Crippen LogP contribution in [0.1, 0.15) is 42.3 Å². The van der Waals surface area contributed by atoms with Crippen LogP contribution in [-0.4, -0.2) is 24.3 Å². The third kappa shape index (κ3) is 4.02. The Morgan fingerprint density at radius 3 is 2.63 bits per heavy atom. The summed E-state index contributed by atoms with van der Waals surface area (Å²) in [6.07, 6.45) is 0.457. The number of amides is 1. The molecular weight excluding hydrogens is 345 g/mol.